The van der Waals surface area contributed by atoms with Crippen LogP contribution in [0.2, 0.25) is 0 Å². The number of hydrogen-bond acceptors (Lipinski definition) is 3. The molecule has 1 saturated carbocycles. The molecule has 2 N–H and O–H groups in total. The Bertz CT molecular complexity index is 301. The number of aliphatic carboxylic acids is 1. The molecule has 0 aromatic heterocycles. The summed E-state index contributed by atoms with van der Waals surface area (Å²) in [5.74, 6) is 0.00318. The van der Waals surface area contributed by atoms with Crippen molar-refractivity contribution < 1.29 is 14.7 Å². The molecular weight excluding hydrogens is 232 g/mol. The van der Waals surface area contributed by atoms with Gasteiger partial charge < -0.3 is 10.4 Å². The van der Waals surface area contributed by atoms with E-state index in [1.807, 2.05) is 20.8 Å². The molecule has 1 atom stereocenters. The van der Waals surface area contributed by atoms with Gasteiger partial charge in [-0.1, -0.05) is 13.8 Å². The Labute approximate surface area is 109 Å². The number of carbonyl (C=O) groups excluding carboxylic acids is 1. The number of rotatable bonds is 8. The Morgan fingerprint density at radius 1 is 1.28 bits per heavy atom. The molecule has 1 rings (SSSR count). The number of nitrogens with one attached hydrogen (secondary N) is 1. The van der Waals surface area contributed by atoms with E-state index in [0.29, 0.717) is 11.8 Å². The Kier molecular flexibility index (Phi) is 5.59. The summed E-state index contributed by atoms with van der Waals surface area (Å²) in [7, 11) is 0. The van der Waals surface area contributed by atoms with E-state index >= 15 is 0 Å². The fourth-order valence-corrected chi connectivity index (χ4v) is 1.71. The van der Waals surface area contributed by atoms with Crippen molar-refractivity contribution in [3.63, 3.8) is 0 Å². The van der Waals surface area contributed by atoms with Crippen LogP contribution < -0.4 is 5.32 Å². The van der Waals surface area contributed by atoms with Crippen LogP contribution in [0.3, 0.4) is 0 Å². The van der Waals surface area contributed by atoms with Gasteiger partial charge in [-0.3, -0.25) is 14.5 Å². The van der Waals surface area contributed by atoms with Crippen LogP contribution in [-0.4, -0.2) is 47.6 Å². The molecule has 1 aliphatic rings. The number of hydrogen-bond donors (Lipinski definition) is 2. The van der Waals surface area contributed by atoms with Gasteiger partial charge in [-0.25, -0.2) is 0 Å². The highest BCUT2D eigenvalue weighted by Crippen LogP contribution is 2.29. The van der Waals surface area contributed by atoms with Gasteiger partial charge in [0.1, 0.15) is 0 Å². The summed E-state index contributed by atoms with van der Waals surface area (Å²) in [6.45, 7) is 6.90. The molecule has 1 aliphatic carbocycles. The monoisotopic (exact) mass is 256 g/mol. The smallest absolute Gasteiger partial charge is 0.317 e. The molecule has 1 amide bonds. The van der Waals surface area contributed by atoms with Crippen LogP contribution >= 0.6 is 0 Å². The predicted octanol–water partition coefficient (Wildman–Crippen LogP) is 0.944. The standard InChI is InChI=1S/C13H24N2O3/c1-9(2)10(3)14-12(16)7-15(8-13(17)18)6-11-4-5-11/h9-11H,4-8H2,1-3H3,(H,14,16)(H,17,18). The van der Waals surface area contributed by atoms with Crippen molar-refractivity contribution in [1.29, 1.82) is 0 Å². The molecule has 0 bridgehead atoms. The minimum absolute atomic E-state index is 0.0556. The van der Waals surface area contributed by atoms with Gasteiger partial charge in [0.15, 0.2) is 0 Å². The van der Waals surface area contributed by atoms with E-state index < -0.39 is 5.97 Å². The van der Waals surface area contributed by atoms with Crippen LogP contribution in [0.1, 0.15) is 33.6 Å². The Balaban J connectivity index is 2.38. The second kappa shape index (κ2) is 6.73. The topological polar surface area (TPSA) is 69.6 Å². The van der Waals surface area contributed by atoms with Gasteiger partial charge in [-0.15, -0.1) is 0 Å². The highest BCUT2D eigenvalue weighted by molar-refractivity contribution is 5.79. The third kappa shape index (κ3) is 6.00. The lowest BCUT2D eigenvalue weighted by Crippen LogP contribution is -2.44. The van der Waals surface area contributed by atoms with Gasteiger partial charge in [0.05, 0.1) is 13.1 Å². The molecule has 5 nitrogen and oxygen atoms in total. The van der Waals surface area contributed by atoms with Crippen molar-refractivity contribution in [1.82, 2.24) is 10.2 Å². The molecule has 104 valence electrons. The zero-order chi connectivity index (χ0) is 13.7. The second-order valence-electron chi connectivity index (χ2n) is 5.61. The summed E-state index contributed by atoms with van der Waals surface area (Å²) in [6.07, 6.45) is 2.31. The normalized spacial score (nSPS) is 16.9. The Morgan fingerprint density at radius 3 is 2.33 bits per heavy atom. The number of carbonyl (C=O) groups is 2. The first-order valence-electron chi connectivity index (χ1n) is 6.62. The first kappa shape index (κ1) is 15.0. The average molecular weight is 256 g/mol. The fraction of sp³-hybridized carbons (Fsp3) is 0.846. The van der Waals surface area contributed by atoms with E-state index in [0.717, 1.165) is 19.4 Å². The minimum atomic E-state index is -0.875. The van der Waals surface area contributed by atoms with Gasteiger partial charge >= 0.3 is 5.97 Å². The summed E-state index contributed by atoms with van der Waals surface area (Å²) in [5.41, 5.74) is 0. The van der Waals surface area contributed by atoms with E-state index in [2.05, 4.69) is 5.32 Å². The number of carboxylic acid groups (broad SMARTS) is 1. The molecule has 1 unspecified atom stereocenters. The van der Waals surface area contributed by atoms with Gasteiger partial charge in [-0.05, 0) is 31.6 Å². The molecule has 0 aromatic rings. The van der Waals surface area contributed by atoms with E-state index in [1.165, 1.54) is 0 Å². The van der Waals surface area contributed by atoms with Crippen molar-refractivity contribution in [3.05, 3.63) is 0 Å². The highest BCUT2D eigenvalue weighted by atomic mass is 16.4. The number of amides is 1. The second-order valence-corrected chi connectivity index (χ2v) is 5.61. The summed E-state index contributed by atoms with van der Waals surface area (Å²) in [4.78, 5) is 24.3. The average Bonchev–Trinajstić information content (AvgIpc) is 2.99. The lowest BCUT2D eigenvalue weighted by molar-refractivity contribution is -0.138. The van der Waals surface area contributed by atoms with Crippen LogP contribution in [0.15, 0.2) is 0 Å². The maximum absolute atomic E-state index is 11.8. The van der Waals surface area contributed by atoms with E-state index in [-0.39, 0.29) is 25.0 Å². The highest BCUT2D eigenvalue weighted by Gasteiger charge is 2.26. The Hall–Kier alpha value is -1.10. The van der Waals surface area contributed by atoms with Crippen molar-refractivity contribution >= 4 is 11.9 Å². The number of nitrogens with zero attached hydrogens (tertiary/aromatic N) is 1. The van der Waals surface area contributed by atoms with Gasteiger partial charge in [-0.2, -0.15) is 0 Å². The zero-order valence-electron chi connectivity index (χ0n) is 11.5. The summed E-state index contributed by atoms with van der Waals surface area (Å²) < 4.78 is 0. The molecule has 0 spiro atoms. The summed E-state index contributed by atoms with van der Waals surface area (Å²) >= 11 is 0. The van der Waals surface area contributed by atoms with Crippen molar-refractivity contribution in [2.75, 3.05) is 19.6 Å². The van der Waals surface area contributed by atoms with Gasteiger partial charge in [0.2, 0.25) is 5.91 Å². The van der Waals surface area contributed by atoms with E-state index in [9.17, 15) is 9.59 Å². The molecule has 0 aromatic carbocycles. The van der Waals surface area contributed by atoms with Crippen LogP contribution in [0.4, 0.5) is 0 Å². The van der Waals surface area contributed by atoms with Crippen molar-refractivity contribution in [3.8, 4) is 0 Å². The molecule has 1 fully saturated rings. The van der Waals surface area contributed by atoms with Gasteiger partial charge in [0, 0.05) is 12.6 Å². The SMILES string of the molecule is CC(C)C(C)NC(=O)CN(CC(=O)O)CC1CC1. The quantitative estimate of drug-likeness (QED) is 0.678. The van der Waals surface area contributed by atoms with E-state index in [1.54, 1.807) is 4.90 Å². The molecule has 0 radical (unpaired) electrons. The van der Waals surface area contributed by atoms with Crippen LogP contribution in [-0.2, 0) is 9.59 Å². The minimum Gasteiger partial charge on any atom is -0.480 e. The molecule has 0 heterocycles. The van der Waals surface area contributed by atoms with Crippen LogP contribution in [0.5, 0.6) is 0 Å². The molecular formula is C13H24N2O3. The number of carboxylic acids is 1. The largest absolute Gasteiger partial charge is 0.480 e. The van der Waals surface area contributed by atoms with Gasteiger partial charge in [0.25, 0.3) is 0 Å². The lowest BCUT2D eigenvalue weighted by Gasteiger charge is -2.22. The summed E-state index contributed by atoms with van der Waals surface area (Å²) in [5, 5.41) is 11.7. The lowest BCUT2D eigenvalue weighted by atomic mass is 10.1. The molecule has 0 saturated heterocycles. The third-order valence-electron chi connectivity index (χ3n) is 3.33. The fourth-order valence-electron chi connectivity index (χ4n) is 1.71. The summed E-state index contributed by atoms with van der Waals surface area (Å²) in [6, 6.07) is 0.116. The predicted molar refractivity (Wildman–Crippen MR) is 69.2 cm³/mol. The molecule has 18 heavy (non-hydrogen) atoms. The first-order chi connectivity index (χ1) is 8.38. The molecule has 0 aliphatic heterocycles. The van der Waals surface area contributed by atoms with Crippen molar-refractivity contribution in [2.24, 2.45) is 11.8 Å². The molecule has 5 heteroatoms. The van der Waals surface area contributed by atoms with Crippen LogP contribution in [0, 0.1) is 11.8 Å². The maximum Gasteiger partial charge on any atom is 0.317 e. The first-order valence-corrected chi connectivity index (χ1v) is 6.62. The van der Waals surface area contributed by atoms with E-state index in [4.69, 9.17) is 5.11 Å². The third-order valence-corrected chi connectivity index (χ3v) is 3.33. The zero-order valence-corrected chi connectivity index (χ0v) is 11.5. The Morgan fingerprint density at radius 2 is 1.89 bits per heavy atom. The van der Waals surface area contributed by atoms with Crippen molar-refractivity contribution in [2.45, 2.75) is 39.7 Å². The van der Waals surface area contributed by atoms with Crippen LogP contribution in [0.25, 0.3) is 0 Å². The maximum atomic E-state index is 11.8.